The molecule has 0 spiro atoms. The minimum Gasteiger partial charge on any atom is -0.495 e. The number of rotatable bonds is 4. The first kappa shape index (κ1) is 12.1. The molecule has 4 heteroatoms. The highest BCUT2D eigenvalue weighted by molar-refractivity contribution is 6.33. The van der Waals surface area contributed by atoms with E-state index in [0.717, 1.165) is 5.56 Å². The van der Waals surface area contributed by atoms with Crippen LogP contribution in [0.4, 0.5) is 0 Å². The van der Waals surface area contributed by atoms with Crippen LogP contribution in [0.15, 0.2) is 12.1 Å². The number of aliphatic hydroxyl groups is 1. The summed E-state index contributed by atoms with van der Waals surface area (Å²) in [4.78, 5) is 0. The largest absolute Gasteiger partial charge is 0.495 e. The van der Waals surface area contributed by atoms with Crippen LogP contribution >= 0.6 is 11.6 Å². The molecule has 84 valence electrons. The van der Waals surface area contributed by atoms with Crippen LogP contribution in [-0.4, -0.2) is 25.9 Å². The van der Waals surface area contributed by atoms with E-state index in [0.29, 0.717) is 16.5 Å². The zero-order valence-electron chi connectivity index (χ0n) is 9.08. The summed E-state index contributed by atoms with van der Waals surface area (Å²) < 4.78 is 10.3. The number of aliphatic hydroxyl groups excluding tert-OH is 1. The van der Waals surface area contributed by atoms with E-state index < -0.39 is 0 Å². The van der Waals surface area contributed by atoms with Crippen LogP contribution < -0.4 is 9.47 Å². The molecule has 1 N–H and O–H groups in total. The van der Waals surface area contributed by atoms with Crippen molar-refractivity contribution >= 4 is 11.6 Å². The Bertz CT molecular complexity index is 339. The van der Waals surface area contributed by atoms with Crippen molar-refractivity contribution < 1.29 is 14.6 Å². The number of hydrogen-bond donors (Lipinski definition) is 1. The monoisotopic (exact) mass is 230 g/mol. The smallest absolute Gasteiger partial charge is 0.144 e. The summed E-state index contributed by atoms with van der Waals surface area (Å²) in [6.07, 6.45) is 0. The molecule has 0 radical (unpaired) electrons. The first-order chi connectivity index (χ1) is 7.15. The molecule has 0 bridgehead atoms. The molecule has 0 aliphatic heterocycles. The van der Waals surface area contributed by atoms with Gasteiger partial charge in [-0.25, -0.2) is 0 Å². The normalized spacial score (nSPS) is 12.3. The van der Waals surface area contributed by atoms with Gasteiger partial charge in [0.15, 0.2) is 0 Å². The van der Waals surface area contributed by atoms with E-state index in [4.69, 9.17) is 26.2 Å². The van der Waals surface area contributed by atoms with Crippen molar-refractivity contribution in [1.29, 1.82) is 0 Å². The highest BCUT2D eigenvalue weighted by Crippen LogP contribution is 2.39. The molecule has 0 saturated heterocycles. The van der Waals surface area contributed by atoms with Crippen LogP contribution in [0.3, 0.4) is 0 Å². The van der Waals surface area contributed by atoms with E-state index in [2.05, 4.69) is 0 Å². The van der Waals surface area contributed by atoms with Gasteiger partial charge in [-0.15, -0.1) is 0 Å². The van der Waals surface area contributed by atoms with Crippen molar-refractivity contribution in [3.05, 3.63) is 22.7 Å². The molecule has 0 saturated carbocycles. The van der Waals surface area contributed by atoms with Crippen LogP contribution in [0.25, 0.3) is 0 Å². The second-order valence-electron chi connectivity index (χ2n) is 3.29. The van der Waals surface area contributed by atoms with Crippen molar-refractivity contribution in [3.63, 3.8) is 0 Å². The lowest BCUT2D eigenvalue weighted by atomic mass is 10.0. The second kappa shape index (κ2) is 5.24. The van der Waals surface area contributed by atoms with Gasteiger partial charge in [0, 0.05) is 18.1 Å². The quantitative estimate of drug-likeness (QED) is 0.864. The van der Waals surface area contributed by atoms with Gasteiger partial charge < -0.3 is 14.6 Å². The maximum absolute atomic E-state index is 9.10. The summed E-state index contributed by atoms with van der Waals surface area (Å²) in [6.45, 7) is 1.96. The summed E-state index contributed by atoms with van der Waals surface area (Å²) in [5.74, 6) is 1.13. The molecule has 0 amide bonds. The first-order valence-electron chi connectivity index (χ1n) is 4.66. The van der Waals surface area contributed by atoms with Gasteiger partial charge in [-0.1, -0.05) is 24.6 Å². The first-order valence-corrected chi connectivity index (χ1v) is 5.04. The van der Waals surface area contributed by atoms with Crippen molar-refractivity contribution in [2.24, 2.45) is 0 Å². The average molecular weight is 231 g/mol. The molecule has 0 aromatic heterocycles. The Hall–Kier alpha value is -0.930. The molecule has 0 aliphatic carbocycles. The van der Waals surface area contributed by atoms with Crippen LogP contribution in [0.1, 0.15) is 18.4 Å². The van der Waals surface area contributed by atoms with Gasteiger partial charge in [0.1, 0.15) is 16.5 Å². The molecular formula is C11H15ClO3. The van der Waals surface area contributed by atoms with Crippen molar-refractivity contribution in [1.82, 2.24) is 0 Å². The minimum atomic E-state index is -0.0108. The fraction of sp³-hybridized carbons (Fsp3) is 0.455. The second-order valence-corrected chi connectivity index (χ2v) is 3.67. The number of hydrogen-bond acceptors (Lipinski definition) is 3. The van der Waals surface area contributed by atoms with E-state index in [1.165, 1.54) is 0 Å². The van der Waals surface area contributed by atoms with E-state index >= 15 is 0 Å². The van der Waals surface area contributed by atoms with Gasteiger partial charge >= 0.3 is 0 Å². The molecule has 3 nitrogen and oxygen atoms in total. The molecule has 1 aromatic carbocycles. The molecule has 1 rings (SSSR count). The highest BCUT2D eigenvalue weighted by Gasteiger charge is 2.16. The predicted molar refractivity (Wildman–Crippen MR) is 60.1 cm³/mol. The third-order valence-electron chi connectivity index (χ3n) is 2.32. The lowest BCUT2D eigenvalue weighted by molar-refractivity contribution is 0.269. The molecule has 15 heavy (non-hydrogen) atoms. The summed E-state index contributed by atoms with van der Waals surface area (Å²) >= 11 is 6.08. The van der Waals surface area contributed by atoms with Crippen LogP contribution in [0, 0.1) is 0 Å². The zero-order valence-corrected chi connectivity index (χ0v) is 9.84. The molecule has 1 unspecified atom stereocenters. The Morgan fingerprint density at radius 3 is 2.47 bits per heavy atom. The van der Waals surface area contributed by atoms with Crippen LogP contribution in [0.5, 0.6) is 11.5 Å². The summed E-state index contributed by atoms with van der Waals surface area (Å²) in [5, 5.41) is 9.54. The average Bonchev–Trinajstić information content (AvgIpc) is 2.27. The fourth-order valence-electron chi connectivity index (χ4n) is 1.40. The molecule has 0 heterocycles. The number of halogens is 1. The Labute approximate surface area is 94.6 Å². The topological polar surface area (TPSA) is 38.7 Å². The van der Waals surface area contributed by atoms with Gasteiger partial charge in [0.2, 0.25) is 0 Å². The van der Waals surface area contributed by atoms with E-state index in [1.54, 1.807) is 20.3 Å². The number of methoxy groups -OCH3 is 2. The van der Waals surface area contributed by atoms with E-state index in [-0.39, 0.29) is 12.5 Å². The maximum atomic E-state index is 9.10. The Morgan fingerprint density at radius 1 is 1.33 bits per heavy atom. The zero-order chi connectivity index (χ0) is 11.4. The standard InChI is InChI=1S/C11H15ClO3/c1-7(6-13)8-4-5-9(14-2)10(12)11(8)15-3/h4-5,7,13H,6H2,1-3H3. The van der Waals surface area contributed by atoms with Gasteiger partial charge in [0.25, 0.3) is 0 Å². The molecular weight excluding hydrogens is 216 g/mol. The Kier molecular flexibility index (Phi) is 4.24. The molecule has 1 atom stereocenters. The maximum Gasteiger partial charge on any atom is 0.144 e. The van der Waals surface area contributed by atoms with Gasteiger partial charge in [-0.2, -0.15) is 0 Å². The number of ether oxygens (including phenoxy) is 2. The molecule has 0 aliphatic rings. The summed E-state index contributed by atoms with van der Waals surface area (Å²) in [5.41, 5.74) is 0.880. The summed E-state index contributed by atoms with van der Waals surface area (Å²) in [7, 11) is 3.10. The van der Waals surface area contributed by atoms with Crippen LogP contribution in [0.2, 0.25) is 5.02 Å². The third kappa shape index (κ3) is 2.36. The molecule has 1 aromatic rings. The fourth-order valence-corrected chi connectivity index (χ4v) is 1.73. The highest BCUT2D eigenvalue weighted by atomic mass is 35.5. The van der Waals surface area contributed by atoms with Gasteiger partial charge in [-0.3, -0.25) is 0 Å². The predicted octanol–water partition coefficient (Wildman–Crippen LogP) is 2.45. The third-order valence-corrected chi connectivity index (χ3v) is 2.68. The van der Waals surface area contributed by atoms with E-state index in [9.17, 15) is 0 Å². The van der Waals surface area contributed by atoms with E-state index in [1.807, 2.05) is 13.0 Å². The summed E-state index contributed by atoms with van der Waals surface area (Å²) in [6, 6.07) is 3.62. The Balaban J connectivity index is 3.24. The van der Waals surface area contributed by atoms with Crippen LogP contribution in [-0.2, 0) is 0 Å². The van der Waals surface area contributed by atoms with Crippen molar-refractivity contribution in [3.8, 4) is 11.5 Å². The van der Waals surface area contributed by atoms with Crippen molar-refractivity contribution in [2.45, 2.75) is 12.8 Å². The lowest BCUT2D eigenvalue weighted by Crippen LogP contribution is -2.03. The van der Waals surface area contributed by atoms with Gasteiger partial charge in [0.05, 0.1) is 14.2 Å². The number of benzene rings is 1. The minimum absolute atomic E-state index is 0.0108. The molecule has 0 fully saturated rings. The van der Waals surface area contributed by atoms with Crippen molar-refractivity contribution in [2.75, 3.05) is 20.8 Å². The SMILES string of the molecule is COc1ccc(C(C)CO)c(OC)c1Cl. The lowest BCUT2D eigenvalue weighted by Gasteiger charge is -2.16. The van der Waals surface area contributed by atoms with Gasteiger partial charge in [-0.05, 0) is 6.07 Å². The Morgan fingerprint density at radius 2 is 2.00 bits per heavy atom.